The van der Waals surface area contributed by atoms with Gasteiger partial charge in [0.2, 0.25) is 0 Å². The average Bonchev–Trinajstić information content (AvgIpc) is 3.16. The first kappa shape index (κ1) is 20.3. The van der Waals surface area contributed by atoms with Crippen molar-refractivity contribution in [3.8, 4) is 17.5 Å². The van der Waals surface area contributed by atoms with Crippen LogP contribution in [0.4, 0.5) is 0 Å². The van der Waals surface area contributed by atoms with Crippen LogP contribution in [0.2, 0.25) is 0 Å². The number of hydrogen-bond acceptors (Lipinski definition) is 3. The highest BCUT2D eigenvalue weighted by Gasteiger charge is 2.13. The first-order valence-electron chi connectivity index (χ1n) is 10.5. The Morgan fingerprint density at radius 3 is 2.53 bits per heavy atom. The van der Waals surface area contributed by atoms with Gasteiger partial charge in [-0.3, -0.25) is 0 Å². The van der Waals surface area contributed by atoms with Crippen molar-refractivity contribution < 1.29 is 0 Å². The molecule has 0 saturated carbocycles. The maximum atomic E-state index is 9.12. The van der Waals surface area contributed by atoms with E-state index in [1.54, 1.807) is 0 Å². The Balaban J connectivity index is 1.69. The predicted molar refractivity (Wildman–Crippen MR) is 126 cm³/mol. The molecule has 0 aliphatic rings. The van der Waals surface area contributed by atoms with Gasteiger partial charge in [0, 0.05) is 17.0 Å². The molecule has 150 valence electrons. The van der Waals surface area contributed by atoms with Crippen LogP contribution in [-0.4, -0.2) is 15.3 Å². The number of benzene rings is 3. The topological polar surface area (TPSA) is 41.6 Å². The van der Waals surface area contributed by atoms with Gasteiger partial charge in [0.25, 0.3) is 0 Å². The molecule has 4 aromatic rings. The van der Waals surface area contributed by atoms with E-state index >= 15 is 0 Å². The van der Waals surface area contributed by atoms with Crippen molar-refractivity contribution in [2.24, 2.45) is 0 Å². The molecule has 3 aromatic carbocycles. The molecule has 0 unspecified atom stereocenters. The predicted octanol–water partition coefficient (Wildman–Crippen LogP) is 6.71. The van der Waals surface area contributed by atoms with E-state index in [4.69, 9.17) is 10.2 Å². The molecule has 4 rings (SSSR count). The van der Waals surface area contributed by atoms with Crippen molar-refractivity contribution in [3.05, 3.63) is 83.9 Å². The van der Waals surface area contributed by atoms with Crippen molar-refractivity contribution in [1.29, 1.82) is 5.26 Å². The second-order valence-electron chi connectivity index (χ2n) is 7.36. The zero-order chi connectivity index (χ0) is 20.8. The summed E-state index contributed by atoms with van der Waals surface area (Å²) < 4.78 is 2.34. The number of nitriles is 1. The molecule has 0 N–H and O–H groups in total. The standard InChI is InChI=1S/C26H25N3S/c1-2-17-30-23-14-15-24-25(18-23)29(16-6-9-20-7-4-3-5-8-20)26(28-24)22-12-10-21(19-27)11-13-22/h3-5,7-8,10-15,18H,2,6,9,16-17H2,1H3. The first-order valence-corrected chi connectivity index (χ1v) is 11.4. The van der Waals surface area contributed by atoms with Crippen LogP contribution in [0.3, 0.4) is 0 Å². The summed E-state index contributed by atoms with van der Waals surface area (Å²) >= 11 is 1.90. The van der Waals surface area contributed by atoms with Gasteiger partial charge in [-0.25, -0.2) is 4.98 Å². The zero-order valence-electron chi connectivity index (χ0n) is 17.2. The third-order valence-electron chi connectivity index (χ3n) is 5.15. The number of imidazole rings is 1. The fourth-order valence-corrected chi connectivity index (χ4v) is 4.44. The van der Waals surface area contributed by atoms with Crippen LogP contribution >= 0.6 is 11.8 Å². The molecule has 0 atom stereocenters. The Labute approximate surface area is 182 Å². The number of nitrogens with zero attached hydrogens (tertiary/aromatic N) is 3. The van der Waals surface area contributed by atoms with Crippen molar-refractivity contribution >= 4 is 22.8 Å². The Kier molecular flexibility index (Phi) is 6.51. The van der Waals surface area contributed by atoms with Crippen LogP contribution in [0.5, 0.6) is 0 Å². The summed E-state index contributed by atoms with van der Waals surface area (Å²) in [5.74, 6) is 2.09. The number of aryl methyl sites for hydroxylation is 2. The molecule has 0 spiro atoms. The summed E-state index contributed by atoms with van der Waals surface area (Å²) in [7, 11) is 0. The van der Waals surface area contributed by atoms with E-state index in [0.717, 1.165) is 48.5 Å². The lowest BCUT2D eigenvalue weighted by atomic mass is 10.1. The molecule has 0 bridgehead atoms. The molecule has 0 amide bonds. The summed E-state index contributed by atoms with van der Waals surface area (Å²) in [4.78, 5) is 6.25. The Hall–Kier alpha value is -3.03. The van der Waals surface area contributed by atoms with Crippen molar-refractivity contribution in [2.75, 3.05) is 5.75 Å². The highest BCUT2D eigenvalue weighted by atomic mass is 32.2. The lowest BCUT2D eigenvalue weighted by Crippen LogP contribution is -2.02. The summed E-state index contributed by atoms with van der Waals surface area (Å²) in [6, 6.07) is 27.1. The number of thioether (sulfide) groups is 1. The molecule has 1 aromatic heterocycles. The summed E-state index contributed by atoms with van der Waals surface area (Å²) in [6.45, 7) is 3.12. The number of fused-ring (bicyclic) bond motifs is 1. The third kappa shape index (κ3) is 4.58. The highest BCUT2D eigenvalue weighted by Crippen LogP contribution is 2.29. The van der Waals surface area contributed by atoms with E-state index in [9.17, 15) is 0 Å². The van der Waals surface area contributed by atoms with Crippen LogP contribution in [0.15, 0.2) is 77.7 Å². The molecule has 0 aliphatic carbocycles. The Bertz CT molecular complexity index is 1150. The molecular weight excluding hydrogens is 386 g/mol. The van der Waals surface area contributed by atoms with Gasteiger partial charge < -0.3 is 4.57 Å². The van der Waals surface area contributed by atoms with Gasteiger partial charge in [-0.2, -0.15) is 5.26 Å². The van der Waals surface area contributed by atoms with Crippen LogP contribution in [0.25, 0.3) is 22.4 Å². The maximum Gasteiger partial charge on any atom is 0.141 e. The molecular formula is C26H25N3S. The van der Waals surface area contributed by atoms with E-state index in [1.165, 1.54) is 16.0 Å². The lowest BCUT2D eigenvalue weighted by molar-refractivity contribution is 0.662. The summed E-state index contributed by atoms with van der Waals surface area (Å²) in [5, 5.41) is 9.12. The lowest BCUT2D eigenvalue weighted by Gasteiger charge is -2.10. The van der Waals surface area contributed by atoms with E-state index in [1.807, 2.05) is 36.0 Å². The number of hydrogen-bond donors (Lipinski definition) is 0. The van der Waals surface area contributed by atoms with Crippen molar-refractivity contribution in [1.82, 2.24) is 9.55 Å². The molecule has 0 aliphatic heterocycles. The normalized spacial score (nSPS) is 10.9. The van der Waals surface area contributed by atoms with Crippen LogP contribution in [0, 0.1) is 11.3 Å². The van der Waals surface area contributed by atoms with Gasteiger partial charge >= 0.3 is 0 Å². The van der Waals surface area contributed by atoms with Crippen molar-refractivity contribution in [3.63, 3.8) is 0 Å². The first-order chi connectivity index (χ1) is 14.8. The van der Waals surface area contributed by atoms with Gasteiger partial charge in [-0.15, -0.1) is 11.8 Å². The second kappa shape index (κ2) is 9.65. The minimum atomic E-state index is 0.670. The molecule has 1 heterocycles. The van der Waals surface area contributed by atoms with Crippen LogP contribution in [0.1, 0.15) is 30.9 Å². The SMILES string of the molecule is CCCSc1ccc2nc(-c3ccc(C#N)cc3)n(CCCc3ccccc3)c2c1. The third-order valence-corrected chi connectivity index (χ3v) is 6.35. The van der Waals surface area contributed by atoms with Gasteiger partial charge in [0.15, 0.2) is 0 Å². The largest absolute Gasteiger partial charge is 0.324 e. The summed E-state index contributed by atoms with van der Waals surface area (Å²) in [5.41, 5.74) is 5.29. The fourth-order valence-electron chi connectivity index (χ4n) is 3.64. The van der Waals surface area contributed by atoms with Crippen LogP contribution in [-0.2, 0) is 13.0 Å². The Morgan fingerprint density at radius 2 is 1.80 bits per heavy atom. The van der Waals surface area contributed by atoms with Gasteiger partial charge in [0.1, 0.15) is 5.82 Å². The quantitative estimate of drug-likeness (QED) is 0.303. The number of rotatable bonds is 8. The van der Waals surface area contributed by atoms with Crippen LogP contribution < -0.4 is 0 Å². The highest BCUT2D eigenvalue weighted by molar-refractivity contribution is 7.99. The molecule has 30 heavy (non-hydrogen) atoms. The van der Waals surface area contributed by atoms with Gasteiger partial charge in [0.05, 0.1) is 22.7 Å². The average molecular weight is 412 g/mol. The fraction of sp³-hybridized carbons (Fsp3) is 0.231. The second-order valence-corrected chi connectivity index (χ2v) is 8.53. The Morgan fingerprint density at radius 1 is 1.00 bits per heavy atom. The van der Waals surface area contributed by atoms with E-state index < -0.39 is 0 Å². The molecule has 4 heteroatoms. The van der Waals surface area contributed by atoms with Gasteiger partial charge in [-0.1, -0.05) is 37.3 Å². The molecule has 0 radical (unpaired) electrons. The minimum Gasteiger partial charge on any atom is -0.324 e. The zero-order valence-corrected chi connectivity index (χ0v) is 18.0. The summed E-state index contributed by atoms with van der Waals surface area (Å²) in [6.07, 6.45) is 3.25. The van der Waals surface area contributed by atoms with Gasteiger partial charge in [-0.05, 0) is 73.0 Å². The van der Waals surface area contributed by atoms with Crippen molar-refractivity contribution in [2.45, 2.75) is 37.6 Å². The number of aromatic nitrogens is 2. The molecule has 3 nitrogen and oxygen atoms in total. The minimum absolute atomic E-state index is 0.670. The van der Waals surface area contributed by atoms with E-state index in [0.29, 0.717) is 5.56 Å². The molecule has 0 saturated heterocycles. The smallest absolute Gasteiger partial charge is 0.141 e. The molecule has 0 fully saturated rings. The van der Waals surface area contributed by atoms with E-state index in [-0.39, 0.29) is 0 Å². The monoisotopic (exact) mass is 411 g/mol. The maximum absolute atomic E-state index is 9.12. The van der Waals surface area contributed by atoms with E-state index in [2.05, 4.69) is 66.1 Å².